The molecular formula is C8H5Cl4F3. The first-order valence-electron chi connectivity index (χ1n) is 3.48. The van der Waals surface area contributed by atoms with Crippen LogP contribution in [0.5, 0.6) is 0 Å². The fourth-order valence-corrected chi connectivity index (χ4v) is 0.855. The Morgan fingerprint density at radius 1 is 1.07 bits per heavy atom. The van der Waals surface area contributed by atoms with E-state index in [-0.39, 0.29) is 5.02 Å². The molecule has 7 heteroatoms. The molecule has 0 atom stereocenters. The average molecular weight is 300 g/mol. The zero-order valence-corrected chi connectivity index (χ0v) is 10.1. The van der Waals surface area contributed by atoms with Gasteiger partial charge in [0, 0.05) is 5.02 Å². The van der Waals surface area contributed by atoms with Gasteiger partial charge < -0.3 is 0 Å². The zero-order valence-electron chi connectivity index (χ0n) is 7.03. The molecule has 0 aliphatic rings. The summed E-state index contributed by atoms with van der Waals surface area (Å²) in [6.07, 6.45) is -4.30. The molecule has 0 saturated heterocycles. The molecule has 1 aromatic rings. The smallest absolute Gasteiger partial charge is 0.166 e. The Labute approximate surface area is 105 Å². The molecular weight excluding hydrogens is 295 g/mol. The van der Waals surface area contributed by atoms with Gasteiger partial charge in [-0.25, -0.2) is 0 Å². The molecule has 0 amide bonds. The van der Waals surface area contributed by atoms with Gasteiger partial charge in [0.2, 0.25) is 0 Å². The molecule has 0 N–H and O–H groups in total. The number of hydrogen-bond donors (Lipinski definition) is 0. The van der Waals surface area contributed by atoms with Crippen LogP contribution in [0.1, 0.15) is 5.56 Å². The summed E-state index contributed by atoms with van der Waals surface area (Å²) in [7, 11) is 0. The summed E-state index contributed by atoms with van der Waals surface area (Å²) >= 11 is 19.8. The summed E-state index contributed by atoms with van der Waals surface area (Å²) in [5.74, 6) is 0. The van der Waals surface area contributed by atoms with Crippen molar-refractivity contribution < 1.29 is 13.2 Å². The normalized spacial score (nSPS) is 10.9. The van der Waals surface area contributed by atoms with Crippen LogP contribution in [0.15, 0.2) is 24.3 Å². The fraction of sp³-hybridized carbons (Fsp3) is 0.250. The molecule has 0 nitrogen and oxygen atoms in total. The third-order valence-electron chi connectivity index (χ3n) is 1.15. The zero-order chi connectivity index (χ0) is 12.1. The Kier molecular flexibility index (Phi) is 6.76. The highest BCUT2D eigenvalue weighted by Gasteiger charge is 2.30. The third kappa shape index (κ3) is 8.03. The van der Waals surface area contributed by atoms with Crippen molar-refractivity contribution in [2.75, 3.05) is 0 Å². The van der Waals surface area contributed by atoms with E-state index < -0.39 is 16.0 Å². The molecule has 0 aliphatic carbocycles. The lowest BCUT2D eigenvalue weighted by Gasteiger charge is -2.05. The van der Waals surface area contributed by atoms with Crippen molar-refractivity contribution in [3.8, 4) is 0 Å². The molecule has 0 aromatic heterocycles. The molecule has 0 heterocycles. The minimum absolute atomic E-state index is 0.0971. The van der Waals surface area contributed by atoms with Gasteiger partial charge in [-0.15, -0.1) is 0 Å². The van der Waals surface area contributed by atoms with Crippen molar-refractivity contribution in [1.82, 2.24) is 0 Å². The van der Waals surface area contributed by atoms with Crippen LogP contribution in [0.3, 0.4) is 0 Å². The minimum atomic E-state index is -4.30. The largest absolute Gasteiger partial charge is 0.416 e. The van der Waals surface area contributed by atoms with Crippen LogP contribution in [0.4, 0.5) is 13.2 Å². The van der Waals surface area contributed by atoms with Crippen molar-refractivity contribution in [2.45, 2.75) is 10.5 Å². The predicted octanol–water partition coefficient (Wildman–Crippen LogP) is 5.35. The van der Waals surface area contributed by atoms with E-state index in [2.05, 4.69) is 0 Å². The number of hydrogen-bond acceptors (Lipinski definition) is 0. The van der Waals surface area contributed by atoms with E-state index in [1.165, 1.54) is 12.1 Å². The first-order chi connectivity index (χ1) is 6.73. The van der Waals surface area contributed by atoms with E-state index in [9.17, 15) is 13.2 Å². The molecule has 0 radical (unpaired) electrons. The topological polar surface area (TPSA) is 0 Å². The van der Waals surface area contributed by atoms with E-state index in [0.29, 0.717) is 0 Å². The third-order valence-corrected chi connectivity index (χ3v) is 1.39. The van der Waals surface area contributed by atoms with Crippen LogP contribution in [0, 0.1) is 0 Å². The second-order valence-corrected chi connectivity index (χ2v) is 4.67. The summed E-state index contributed by atoms with van der Waals surface area (Å²) in [5, 5.41) is 0.0971. The number of halogens is 7. The maximum Gasteiger partial charge on any atom is 0.416 e. The quantitative estimate of drug-likeness (QED) is 0.567. The second kappa shape index (κ2) is 6.69. The van der Waals surface area contributed by atoms with Crippen LogP contribution >= 0.6 is 46.4 Å². The first-order valence-corrected chi connectivity index (χ1v) is 5.17. The minimum Gasteiger partial charge on any atom is -0.166 e. The maximum absolute atomic E-state index is 11.9. The molecule has 1 aromatic carbocycles. The lowest BCUT2D eigenvalue weighted by atomic mass is 10.2. The standard InChI is InChI=1S/C7H4ClF3.CHCl3/c8-6-3-1-2-5(4-6)7(9,10)11;2-1(3)4/h1-4H;1H. The van der Waals surface area contributed by atoms with Gasteiger partial charge in [-0.1, -0.05) is 52.5 Å². The van der Waals surface area contributed by atoms with Gasteiger partial charge in [0.1, 0.15) is 0 Å². The van der Waals surface area contributed by atoms with E-state index in [4.69, 9.17) is 46.4 Å². The van der Waals surface area contributed by atoms with Gasteiger partial charge in [0.25, 0.3) is 0 Å². The van der Waals surface area contributed by atoms with Gasteiger partial charge in [-0.2, -0.15) is 13.2 Å². The Bertz CT molecular complexity index is 295. The van der Waals surface area contributed by atoms with Crippen LogP contribution in [-0.2, 0) is 6.18 Å². The highest BCUT2D eigenvalue weighted by atomic mass is 35.6. The number of benzene rings is 1. The van der Waals surface area contributed by atoms with Crippen molar-refractivity contribution in [2.24, 2.45) is 0 Å². The van der Waals surface area contributed by atoms with Crippen LogP contribution in [-0.4, -0.2) is 4.30 Å². The van der Waals surface area contributed by atoms with Gasteiger partial charge in [0.15, 0.2) is 4.30 Å². The Hall–Kier alpha value is 0.170. The molecule has 0 bridgehead atoms. The second-order valence-electron chi connectivity index (χ2n) is 2.26. The molecule has 0 spiro atoms. The molecule has 1 rings (SSSR count). The number of alkyl halides is 6. The number of rotatable bonds is 0. The van der Waals surface area contributed by atoms with E-state index in [0.717, 1.165) is 12.1 Å². The lowest BCUT2D eigenvalue weighted by molar-refractivity contribution is -0.137. The maximum atomic E-state index is 11.9. The highest BCUT2D eigenvalue weighted by molar-refractivity contribution is 6.63. The van der Waals surface area contributed by atoms with Gasteiger partial charge in [-0.3, -0.25) is 0 Å². The predicted molar refractivity (Wildman–Crippen MR) is 57.8 cm³/mol. The van der Waals surface area contributed by atoms with E-state index >= 15 is 0 Å². The van der Waals surface area contributed by atoms with Crippen LogP contribution in [0.2, 0.25) is 5.02 Å². The lowest BCUT2D eigenvalue weighted by Crippen LogP contribution is -2.03. The van der Waals surface area contributed by atoms with Gasteiger partial charge >= 0.3 is 6.18 Å². The van der Waals surface area contributed by atoms with E-state index in [1.807, 2.05) is 0 Å². The summed E-state index contributed by atoms with van der Waals surface area (Å²) < 4.78 is 35.0. The van der Waals surface area contributed by atoms with Crippen molar-refractivity contribution >= 4 is 46.4 Å². The first kappa shape index (κ1) is 15.2. The Morgan fingerprint density at radius 3 is 1.80 bits per heavy atom. The van der Waals surface area contributed by atoms with Crippen LogP contribution < -0.4 is 0 Å². The molecule has 0 fully saturated rings. The summed E-state index contributed by atoms with van der Waals surface area (Å²) in [5.41, 5.74) is -0.718. The van der Waals surface area contributed by atoms with Crippen molar-refractivity contribution in [3.05, 3.63) is 34.9 Å². The average Bonchev–Trinajstić information content (AvgIpc) is 2.01. The highest BCUT2D eigenvalue weighted by Crippen LogP contribution is 2.30. The Balaban J connectivity index is 0.000000423. The SMILES string of the molecule is ClC(Cl)Cl.FC(F)(F)c1cccc(Cl)c1. The fourth-order valence-electron chi connectivity index (χ4n) is 0.665. The van der Waals surface area contributed by atoms with Gasteiger partial charge in [-0.05, 0) is 18.2 Å². The Morgan fingerprint density at radius 2 is 1.53 bits per heavy atom. The molecule has 15 heavy (non-hydrogen) atoms. The summed E-state index contributed by atoms with van der Waals surface area (Å²) in [4.78, 5) is 0. The molecule has 0 saturated carbocycles. The summed E-state index contributed by atoms with van der Waals surface area (Å²) in [6.45, 7) is 0. The van der Waals surface area contributed by atoms with Crippen molar-refractivity contribution in [3.63, 3.8) is 0 Å². The molecule has 0 aliphatic heterocycles. The van der Waals surface area contributed by atoms with E-state index in [1.54, 1.807) is 0 Å². The summed E-state index contributed by atoms with van der Waals surface area (Å²) in [6, 6.07) is 4.54. The van der Waals surface area contributed by atoms with Gasteiger partial charge in [0.05, 0.1) is 5.56 Å². The van der Waals surface area contributed by atoms with Crippen LogP contribution in [0.25, 0.3) is 0 Å². The molecule has 0 unspecified atom stereocenters. The monoisotopic (exact) mass is 298 g/mol. The molecule has 86 valence electrons. The van der Waals surface area contributed by atoms with Crippen molar-refractivity contribution in [1.29, 1.82) is 0 Å².